The SMILES string of the molecule is C=NC(=N/C(=C\C)c1ccc2c(c1)CN(C1COC1)CC[C@H]2NC(=O)c1cn(C(C)(C)C)nn1)Nc1cnn(C)c1. The molecule has 1 saturated heterocycles. The van der Waals surface area contributed by atoms with Crippen LogP contribution in [-0.2, 0) is 23.9 Å². The van der Waals surface area contributed by atoms with Crippen LogP contribution in [0, 0.1) is 0 Å². The lowest BCUT2D eigenvalue weighted by Gasteiger charge is -2.36. The first kappa shape index (κ1) is 28.4. The van der Waals surface area contributed by atoms with Crippen molar-refractivity contribution in [2.45, 2.75) is 58.3 Å². The Labute approximate surface area is 240 Å². The fourth-order valence-corrected chi connectivity index (χ4v) is 4.94. The number of rotatable bonds is 6. The lowest BCUT2D eigenvalue weighted by molar-refractivity contribution is -0.0678. The van der Waals surface area contributed by atoms with Gasteiger partial charge in [0.05, 0.1) is 54.6 Å². The number of carbonyl (C=O) groups is 1. The largest absolute Gasteiger partial charge is 0.378 e. The van der Waals surface area contributed by atoms with Crippen LogP contribution in [-0.4, -0.2) is 74.1 Å². The number of hydrogen-bond donors (Lipinski definition) is 2. The first-order chi connectivity index (χ1) is 19.6. The van der Waals surface area contributed by atoms with E-state index in [0.29, 0.717) is 17.7 Å². The minimum atomic E-state index is -0.260. The summed E-state index contributed by atoms with van der Waals surface area (Å²) >= 11 is 0. The van der Waals surface area contributed by atoms with Crippen molar-refractivity contribution in [3.63, 3.8) is 0 Å². The van der Waals surface area contributed by atoms with Crippen LogP contribution in [0.3, 0.4) is 0 Å². The second-order valence-corrected chi connectivity index (χ2v) is 11.4. The number of carbonyl (C=O) groups excluding carboxylic acids is 1. The van der Waals surface area contributed by atoms with Crippen molar-refractivity contribution >= 4 is 30.0 Å². The minimum Gasteiger partial charge on any atom is -0.378 e. The highest BCUT2D eigenvalue weighted by atomic mass is 16.5. The fraction of sp³-hybridized carbons (Fsp3) is 0.448. The van der Waals surface area contributed by atoms with Gasteiger partial charge in [-0.1, -0.05) is 23.4 Å². The Morgan fingerprint density at radius 2 is 2.05 bits per heavy atom. The van der Waals surface area contributed by atoms with Gasteiger partial charge in [0.1, 0.15) is 0 Å². The molecule has 0 aliphatic carbocycles. The molecular weight excluding hydrogens is 520 g/mol. The first-order valence-corrected chi connectivity index (χ1v) is 13.8. The number of anilines is 1. The number of ether oxygens (including phenoxy) is 1. The van der Waals surface area contributed by atoms with E-state index in [0.717, 1.165) is 60.8 Å². The van der Waals surface area contributed by atoms with E-state index < -0.39 is 0 Å². The number of nitrogens with one attached hydrogen (secondary N) is 2. The van der Waals surface area contributed by atoms with Gasteiger partial charge in [0.2, 0.25) is 5.96 Å². The van der Waals surface area contributed by atoms with E-state index >= 15 is 0 Å². The van der Waals surface area contributed by atoms with E-state index in [2.05, 4.69) is 54.8 Å². The number of hydrogen-bond acceptors (Lipinski definition) is 7. The van der Waals surface area contributed by atoms with Crippen LogP contribution < -0.4 is 10.6 Å². The third-order valence-electron chi connectivity index (χ3n) is 7.36. The number of allylic oxidation sites excluding steroid dienone is 1. The summed E-state index contributed by atoms with van der Waals surface area (Å²) < 4.78 is 8.91. The van der Waals surface area contributed by atoms with Gasteiger partial charge >= 0.3 is 0 Å². The zero-order valence-corrected chi connectivity index (χ0v) is 24.3. The summed E-state index contributed by atoms with van der Waals surface area (Å²) in [7, 11) is 1.85. The number of nitrogens with zero attached hydrogens (tertiary/aromatic N) is 8. The molecule has 1 amide bonds. The average Bonchev–Trinajstić information content (AvgIpc) is 3.53. The highest BCUT2D eigenvalue weighted by Gasteiger charge is 2.32. The Balaban J connectivity index is 1.42. The number of benzene rings is 1. The van der Waals surface area contributed by atoms with Crippen LogP contribution in [0.2, 0.25) is 0 Å². The zero-order chi connectivity index (χ0) is 29.1. The molecule has 216 valence electrons. The molecule has 2 aromatic heterocycles. The predicted octanol–water partition coefficient (Wildman–Crippen LogP) is 3.37. The lowest BCUT2D eigenvalue weighted by Crippen LogP contribution is -2.48. The molecule has 0 unspecified atom stereocenters. The summed E-state index contributed by atoms with van der Waals surface area (Å²) in [5.74, 6) is 0.144. The van der Waals surface area contributed by atoms with Crippen LogP contribution in [0.1, 0.15) is 67.3 Å². The average molecular weight is 559 g/mol. The van der Waals surface area contributed by atoms with Gasteiger partial charge in [0.15, 0.2) is 5.69 Å². The van der Waals surface area contributed by atoms with Crippen LogP contribution in [0.5, 0.6) is 0 Å². The second kappa shape index (κ2) is 11.8. The molecule has 2 N–H and O–H groups in total. The normalized spacial score (nSPS) is 18.8. The maximum Gasteiger partial charge on any atom is 0.273 e. The quantitative estimate of drug-likeness (QED) is 0.351. The molecule has 0 radical (unpaired) electrons. The topological polar surface area (TPSA) is 127 Å². The highest BCUT2D eigenvalue weighted by Crippen LogP contribution is 2.32. The van der Waals surface area contributed by atoms with Gasteiger partial charge in [-0.3, -0.25) is 14.4 Å². The number of aliphatic imine (C=N–C) groups is 2. The van der Waals surface area contributed by atoms with Crippen LogP contribution >= 0.6 is 0 Å². The van der Waals surface area contributed by atoms with Gasteiger partial charge in [-0.05, 0) is 58.0 Å². The Morgan fingerprint density at radius 3 is 2.66 bits per heavy atom. The Kier molecular flexibility index (Phi) is 8.13. The first-order valence-electron chi connectivity index (χ1n) is 13.8. The predicted molar refractivity (Wildman–Crippen MR) is 159 cm³/mol. The molecule has 1 atom stereocenters. The third kappa shape index (κ3) is 6.44. The molecule has 2 aliphatic rings. The highest BCUT2D eigenvalue weighted by molar-refractivity contribution is 5.99. The minimum absolute atomic E-state index is 0.174. The summed E-state index contributed by atoms with van der Waals surface area (Å²) in [6, 6.07) is 6.49. The number of fused-ring (bicyclic) bond motifs is 1. The monoisotopic (exact) mass is 558 g/mol. The lowest BCUT2D eigenvalue weighted by atomic mass is 9.96. The number of amides is 1. The molecule has 12 heteroatoms. The van der Waals surface area contributed by atoms with Crippen LogP contribution in [0.4, 0.5) is 5.69 Å². The van der Waals surface area contributed by atoms with Gasteiger partial charge in [0.25, 0.3) is 5.91 Å². The molecule has 12 nitrogen and oxygen atoms in total. The standard InChI is InChI=1S/C29H38N10O2/c1-7-24(34-28(30-5)32-21-13-31-37(6)15-21)19-8-9-23-20(12-19)14-38(22-17-41-18-22)11-10-25(23)33-27(40)26-16-39(36-35-26)29(2,3)4/h7-9,12-13,15-16,22,25H,5,10-11,14,17-18H2,1-4,6H3,(H,32,34)(H,33,40)/b24-7-/t25-/m1/s1. The maximum atomic E-state index is 13.3. The number of aromatic nitrogens is 5. The summed E-state index contributed by atoms with van der Waals surface area (Å²) in [4.78, 5) is 24.5. The van der Waals surface area contributed by atoms with Crippen molar-refractivity contribution in [1.82, 2.24) is 35.0 Å². The van der Waals surface area contributed by atoms with Gasteiger partial charge in [-0.25, -0.2) is 14.7 Å². The van der Waals surface area contributed by atoms with Crippen molar-refractivity contribution in [1.29, 1.82) is 0 Å². The van der Waals surface area contributed by atoms with E-state index in [9.17, 15) is 4.79 Å². The van der Waals surface area contributed by atoms with Crippen molar-refractivity contribution in [3.05, 3.63) is 65.2 Å². The molecule has 4 heterocycles. The zero-order valence-electron chi connectivity index (χ0n) is 24.3. The van der Waals surface area contributed by atoms with E-state index in [1.807, 2.05) is 53.1 Å². The van der Waals surface area contributed by atoms with Crippen molar-refractivity contribution < 1.29 is 9.53 Å². The summed E-state index contributed by atoms with van der Waals surface area (Å²) in [5.41, 5.74) is 4.75. The number of aryl methyl sites for hydroxylation is 1. The molecule has 0 saturated carbocycles. The summed E-state index contributed by atoms with van der Waals surface area (Å²) in [5, 5.41) is 18.9. The van der Waals surface area contributed by atoms with Crippen molar-refractivity contribution in [2.75, 3.05) is 25.1 Å². The molecule has 2 aliphatic heterocycles. The molecule has 1 aromatic carbocycles. The van der Waals surface area contributed by atoms with Crippen LogP contribution in [0.25, 0.3) is 5.70 Å². The molecule has 0 bridgehead atoms. The number of guanidine groups is 1. The second-order valence-electron chi connectivity index (χ2n) is 11.4. The van der Waals surface area contributed by atoms with Crippen molar-refractivity contribution in [2.24, 2.45) is 17.0 Å². The summed E-state index contributed by atoms with van der Waals surface area (Å²) in [6.45, 7) is 14.7. The molecule has 0 spiro atoms. The van der Waals surface area contributed by atoms with E-state index in [1.54, 1.807) is 21.8 Å². The molecular formula is C29H38N10O2. The Morgan fingerprint density at radius 1 is 1.24 bits per heavy atom. The summed E-state index contributed by atoms with van der Waals surface area (Å²) in [6.07, 6.45) is 7.97. The van der Waals surface area contributed by atoms with Crippen molar-refractivity contribution in [3.8, 4) is 0 Å². The Bertz CT molecular complexity index is 1470. The fourth-order valence-electron chi connectivity index (χ4n) is 4.94. The van der Waals surface area contributed by atoms with Crippen LogP contribution in [0.15, 0.2) is 52.9 Å². The molecule has 3 aromatic rings. The third-order valence-corrected chi connectivity index (χ3v) is 7.36. The van der Waals surface area contributed by atoms with Gasteiger partial charge in [-0.15, -0.1) is 5.10 Å². The molecule has 5 rings (SSSR count). The van der Waals surface area contributed by atoms with Gasteiger partial charge in [-0.2, -0.15) is 5.10 Å². The molecule has 1 fully saturated rings. The van der Waals surface area contributed by atoms with E-state index in [-0.39, 0.29) is 17.5 Å². The van der Waals surface area contributed by atoms with E-state index in [1.165, 1.54) is 0 Å². The van der Waals surface area contributed by atoms with Gasteiger partial charge < -0.3 is 15.4 Å². The molecule has 41 heavy (non-hydrogen) atoms. The van der Waals surface area contributed by atoms with Gasteiger partial charge in [0, 0.05) is 31.9 Å². The Hall–Kier alpha value is -4.16. The van der Waals surface area contributed by atoms with E-state index in [4.69, 9.17) is 9.73 Å². The smallest absolute Gasteiger partial charge is 0.273 e. The maximum absolute atomic E-state index is 13.3.